The Labute approximate surface area is 122 Å². The Hall–Kier alpha value is -1.89. The molecule has 1 aromatic rings. The van der Waals surface area contributed by atoms with Gasteiger partial charge in [0.05, 0.1) is 17.9 Å². The van der Waals surface area contributed by atoms with Crippen molar-refractivity contribution in [1.29, 1.82) is 0 Å². The van der Waals surface area contributed by atoms with Gasteiger partial charge in [0.25, 0.3) is 5.91 Å². The van der Waals surface area contributed by atoms with Gasteiger partial charge in [0, 0.05) is 17.3 Å². The first-order valence-corrected chi connectivity index (χ1v) is 8.69. The molecule has 1 saturated heterocycles. The number of carbonyl (C=O) groups is 2. The van der Waals surface area contributed by atoms with Crippen LogP contribution in [0.5, 0.6) is 0 Å². The second-order valence-electron chi connectivity index (χ2n) is 5.50. The predicted octanol–water partition coefficient (Wildman–Crippen LogP) is 0.488. The van der Waals surface area contributed by atoms with Gasteiger partial charge in [0.15, 0.2) is 0 Å². The number of sulfone groups is 1. The average Bonchev–Trinajstić information content (AvgIpc) is 2.80. The summed E-state index contributed by atoms with van der Waals surface area (Å²) in [5.41, 5.74) is 2.04. The van der Waals surface area contributed by atoms with E-state index in [1.165, 1.54) is 0 Å². The normalized spacial score (nSPS) is 20.7. The van der Waals surface area contributed by atoms with Gasteiger partial charge in [-0.3, -0.25) is 9.59 Å². The fourth-order valence-electron chi connectivity index (χ4n) is 2.66. The zero-order chi connectivity index (χ0) is 15.0. The van der Waals surface area contributed by atoms with Gasteiger partial charge in [0.2, 0.25) is 5.91 Å². The molecule has 1 aromatic carbocycles. The molecule has 2 heterocycles. The average molecular weight is 308 g/mol. The Balaban J connectivity index is 1.67. The maximum Gasteiger partial charge on any atom is 0.251 e. The van der Waals surface area contributed by atoms with E-state index in [-0.39, 0.29) is 29.4 Å². The Morgan fingerprint density at radius 3 is 2.67 bits per heavy atom. The zero-order valence-electron chi connectivity index (χ0n) is 11.4. The second kappa shape index (κ2) is 5.14. The first kappa shape index (κ1) is 14.1. The smallest absolute Gasteiger partial charge is 0.251 e. The van der Waals surface area contributed by atoms with Gasteiger partial charge in [-0.2, -0.15) is 0 Å². The number of anilines is 1. The van der Waals surface area contributed by atoms with E-state index >= 15 is 0 Å². The Morgan fingerprint density at radius 2 is 1.95 bits per heavy atom. The van der Waals surface area contributed by atoms with E-state index in [1.807, 2.05) is 0 Å². The van der Waals surface area contributed by atoms with Crippen molar-refractivity contribution in [2.24, 2.45) is 0 Å². The van der Waals surface area contributed by atoms with Crippen LogP contribution in [0.2, 0.25) is 0 Å². The molecule has 2 aliphatic heterocycles. The summed E-state index contributed by atoms with van der Waals surface area (Å²) in [5.74, 6) is -0.0561. The number of hydrogen-bond acceptors (Lipinski definition) is 4. The van der Waals surface area contributed by atoms with E-state index in [0.29, 0.717) is 30.5 Å². The lowest BCUT2D eigenvalue weighted by Gasteiger charge is -2.23. The highest BCUT2D eigenvalue weighted by molar-refractivity contribution is 7.91. The molecule has 0 radical (unpaired) electrons. The van der Waals surface area contributed by atoms with E-state index in [1.54, 1.807) is 18.2 Å². The zero-order valence-corrected chi connectivity index (χ0v) is 12.2. The fourth-order valence-corrected chi connectivity index (χ4v) is 4.15. The van der Waals surface area contributed by atoms with Crippen molar-refractivity contribution in [3.05, 3.63) is 29.3 Å². The van der Waals surface area contributed by atoms with Gasteiger partial charge in [-0.25, -0.2) is 8.42 Å². The number of hydrogen-bond donors (Lipinski definition) is 2. The minimum Gasteiger partial charge on any atom is -0.349 e. The van der Waals surface area contributed by atoms with Crippen molar-refractivity contribution in [2.45, 2.75) is 25.3 Å². The van der Waals surface area contributed by atoms with Crippen LogP contribution in [0, 0.1) is 0 Å². The van der Waals surface area contributed by atoms with Crippen molar-refractivity contribution in [1.82, 2.24) is 5.32 Å². The molecule has 0 aromatic heterocycles. The van der Waals surface area contributed by atoms with Crippen LogP contribution in [0.4, 0.5) is 5.69 Å². The summed E-state index contributed by atoms with van der Waals surface area (Å²) in [5, 5.41) is 5.57. The molecule has 7 heteroatoms. The minimum atomic E-state index is -2.93. The van der Waals surface area contributed by atoms with Crippen LogP contribution in [0.15, 0.2) is 18.2 Å². The summed E-state index contributed by atoms with van der Waals surface area (Å²) in [4.78, 5) is 23.5. The summed E-state index contributed by atoms with van der Waals surface area (Å²) in [7, 11) is -2.93. The molecule has 0 atom stereocenters. The van der Waals surface area contributed by atoms with Gasteiger partial charge in [0.1, 0.15) is 9.84 Å². The number of nitrogens with one attached hydrogen (secondary N) is 2. The summed E-state index contributed by atoms with van der Waals surface area (Å²) >= 11 is 0. The molecule has 0 unspecified atom stereocenters. The van der Waals surface area contributed by atoms with Crippen LogP contribution in [-0.4, -0.2) is 37.8 Å². The molecule has 21 heavy (non-hydrogen) atoms. The molecule has 2 N–H and O–H groups in total. The van der Waals surface area contributed by atoms with Crippen LogP contribution in [0.25, 0.3) is 0 Å². The fraction of sp³-hybridized carbons (Fsp3) is 0.429. The first-order valence-electron chi connectivity index (χ1n) is 6.87. The van der Waals surface area contributed by atoms with Gasteiger partial charge < -0.3 is 10.6 Å². The van der Waals surface area contributed by atoms with Crippen molar-refractivity contribution in [3.8, 4) is 0 Å². The SMILES string of the molecule is O=C1Cc2ccc(C(=O)NC3CCS(=O)(=O)CC3)cc2N1. The molecule has 0 saturated carbocycles. The topological polar surface area (TPSA) is 92.3 Å². The van der Waals surface area contributed by atoms with Crippen molar-refractivity contribution in [2.75, 3.05) is 16.8 Å². The highest BCUT2D eigenvalue weighted by atomic mass is 32.2. The van der Waals surface area contributed by atoms with E-state index in [9.17, 15) is 18.0 Å². The van der Waals surface area contributed by atoms with E-state index < -0.39 is 9.84 Å². The van der Waals surface area contributed by atoms with Crippen molar-refractivity contribution < 1.29 is 18.0 Å². The highest BCUT2D eigenvalue weighted by Gasteiger charge is 2.25. The Morgan fingerprint density at radius 1 is 1.24 bits per heavy atom. The standard InChI is InChI=1S/C14H16N2O4S/c17-13-8-9-1-2-10(7-12(9)16-13)14(18)15-11-3-5-21(19,20)6-4-11/h1-2,7,11H,3-6,8H2,(H,15,18)(H,16,17). The van der Waals surface area contributed by atoms with E-state index in [0.717, 1.165) is 5.56 Å². The Kier molecular flexibility index (Phi) is 3.44. The molecule has 112 valence electrons. The lowest BCUT2D eigenvalue weighted by Crippen LogP contribution is -2.40. The largest absolute Gasteiger partial charge is 0.349 e. The van der Waals surface area contributed by atoms with Crippen LogP contribution in [0.3, 0.4) is 0 Å². The molecule has 3 rings (SSSR count). The molecule has 0 aliphatic carbocycles. The first-order chi connectivity index (χ1) is 9.93. The molecule has 0 spiro atoms. The van der Waals surface area contributed by atoms with Crippen LogP contribution < -0.4 is 10.6 Å². The second-order valence-corrected chi connectivity index (χ2v) is 7.80. The molecule has 0 bridgehead atoms. The van der Waals surface area contributed by atoms with Crippen LogP contribution in [-0.2, 0) is 21.1 Å². The summed E-state index contributed by atoms with van der Waals surface area (Å²) in [6.45, 7) is 0. The van der Waals surface area contributed by atoms with E-state index in [4.69, 9.17) is 0 Å². The number of fused-ring (bicyclic) bond motifs is 1. The van der Waals surface area contributed by atoms with Gasteiger partial charge in [-0.1, -0.05) is 6.07 Å². The van der Waals surface area contributed by atoms with Gasteiger partial charge in [-0.15, -0.1) is 0 Å². The van der Waals surface area contributed by atoms with Crippen molar-refractivity contribution in [3.63, 3.8) is 0 Å². The minimum absolute atomic E-state index is 0.0694. The third-order valence-corrected chi connectivity index (χ3v) is 5.60. The number of benzene rings is 1. The number of amides is 2. The monoisotopic (exact) mass is 308 g/mol. The number of rotatable bonds is 2. The summed E-state index contributed by atoms with van der Waals surface area (Å²) in [6.07, 6.45) is 1.25. The van der Waals surface area contributed by atoms with Gasteiger partial charge in [-0.05, 0) is 30.5 Å². The number of carbonyl (C=O) groups excluding carboxylic acids is 2. The van der Waals surface area contributed by atoms with Crippen LogP contribution in [0.1, 0.15) is 28.8 Å². The highest BCUT2D eigenvalue weighted by Crippen LogP contribution is 2.24. The Bertz CT molecular complexity index is 698. The molecule has 6 nitrogen and oxygen atoms in total. The maximum atomic E-state index is 12.2. The summed E-state index contributed by atoms with van der Waals surface area (Å²) in [6, 6.07) is 5.01. The van der Waals surface area contributed by atoms with Crippen molar-refractivity contribution >= 4 is 27.3 Å². The van der Waals surface area contributed by atoms with E-state index in [2.05, 4.69) is 10.6 Å². The lowest BCUT2D eigenvalue weighted by molar-refractivity contribution is -0.115. The molecule has 1 fully saturated rings. The lowest BCUT2D eigenvalue weighted by atomic mass is 10.1. The molecular formula is C14H16N2O4S. The molecule has 2 amide bonds. The summed E-state index contributed by atoms with van der Waals surface area (Å²) < 4.78 is 22.7. The third-order valence-electron chi connectivity index (χ3n) is 3.89. The molecular weight excluding hydrogens is 292 g/mol. The third kappa shape index (κ3) is 3.07. The molecule has 2 aliphatic rings. The maximum absolute atomic E-state index is 12.2. The predicted molar refractivity (Wildman–Crippen MR) is 77.9 cm³/mol. The van der Waals surface area contributed by atoms with Gasteiger partial charge >= 0.3 is 0 Å². The van der Waals surface area contributed by atoms with Crippen LogP contribution >= 0.6 is 0 Å². The quantitative estimate of drug-likeness (QED) is 0.831.